The number of hydrogen-bond donors (Lipinski definition) is 2. The molecular weight excluding hydrogens is 342 g/mol. The van der Waals surface area contributed by atoms with Gasteiger partial charge >= 0.3 is 6.03 Å². The number of imide groups is 1. The molecule has 1 heterocycles. The number of methoxy groups -OCH3 is 1. The third-order valence-electron chi connectivity index (χ3n) is 3.41. The summed E-state index contributed by atoms with van der Waals surface area (Å²) in [5, 5.41) is 10.6. The highest BCUT2D eigenvalue weighted by atomic mass is 32.2. The molecule has 0 saturated carbocycles. The van der Waals surface area contributed by atoms with E-state index >= 15 is 0 Å². The van der Waals surface area contributed by atoms with Crippen LogP contribution in [-0.4, -0.2) is 45.7 Å². The predicted molar refractivity (Wildman–Crippen MR) is 95.1 cm³/mol. The summed E-state index contributed by atoms with van der Waals surface area (Å²) in [5.41, 5.74) is 7.03. The summed E-state index contributed by atoms with van der Waals surface area (Å²) in [7, 11) is 1.62. The molecule has 0 radical (unpaired) electrons. The number of primary amides is 1. The zero-order valence-electron chi connectivity index (χ0n) is 14.4. The van der Waals surface area contributed by atoms with E-state index in [-0.39, 0.29) is 0 Å². The Labute approximate surface area is 150 Å². The lowest BCUT2D eigenvalue weighted by atomic mass is 10.1. The molecular formula is C16H21N5O3S. The van der Waals surface area contributed by atoms with Gasteiger partial charge in [0, 0.05) is 12.7 Å². The topological polar surface area (TPSA) is 112 Å². The van der Waals surface area contributed by atoms with E-state index in [9.17, 15) is 9.59 Å². The highest BCUT2D eigenvalue weighted by Gasteiger charge is 2.21. The molecule has 134 valence electrons. The zero-order chi connectivity index (χ0) is 18.4. The molecule has 3 amide bonds. The molecule has 0 aliphatic heterocycles. The van der Waals surface area contributed by atoms with Crippen LogP contribution in [0.15, 0.2) is 29.4 Å². The van der Waals surface area contributed by atoms with Gasteiger partial charge in [-0.05, 0) is 19.9 Å². The Morgan fingerprint density at radius 2 is 2.16 bits per heavy atom. The number of aryl methyl sites for hydroxylation is 1. The minimum Gasteiger partial charge on any atom is -0.383 e. The fraction of sp³-hybridized carbons (Fsp3) is 0.375. The van der Waals surface area contributed by atoms with Crippen molar-refractivity contribution in [1.29, 1.82) is 0 Å². The van der Waals surface area contributed by atoms with Crippen LogP contribution in [0.4, 0.5) is 4.79 Å². The van der Waals surface area contributed by atoms with Gasteiger partial charge in [-0.2, -0.15) is 0 Å². The first-order valence-electron chi connectivity index (χ1n) is 7.68. The van der Waals surface area contributed by atoms with Gasteiger partial charge in [-0.25, -0.2) is 4.79 Å². The molecule has 8 nitrogen and oxygen atoms in total. The van der Waals surface area contributed by atoms with E-state index in [4.69, 9.17) is 10.5 Å². The van der Waals surface area contributed by atoms with Crippen LogP contribution in [0.25, 0.3) is 11.4 Å². The molecule has 1 aromatic heterocycles. The van der Waals surface area contributed by atoms with Crippen molar-refractivity contribution in [2.24, 2.45) is 5.73 Å². The second-order valence-electron chi connectivity index (χ2n) is 5.43. The molecule has 0 aliphatic rings. The summed E-state index contributed by atoms with van der Waals surface area (Å²) >= 11 is 1.20. The largest absolute Gasteiger partial charge is 0.383 e. The normalized spacial score (nSPS) is 12.0. The second-order valence-corrected chi connectivity index (χ2v) is 6.74. The number of aromatic nitrogens is 3. The first-order valence-corrected chi connectivity index (χ1v) is 8.56. The van der Waals surface area contributed by atoms with Crippen molar-refractivity contribution >= 4 is 23.7 Å². The van der Waals surface area contributed by atoms with Crippen molar-refractivity contribution in [3.63, 3.8) is 0 Å². The number of amides is 3. The monoisotopic (exact) mass is 363 g/mol. The van der Waals surface area contributed by atoms with E-state index in [1.807, 2.05) is 35.8 Å². The zero-order valence-corrected chi connectivity index (χ0v) is 15.2. The van der Waals surface area contributed by atoms with E-state index < -0.39 is 17.2 Å². The van der Waals surface area contributed by atoms with Crippen molar-refractivity contribution in [3.05, 3.63) is 29.8 Å². The lowest BCUT2D eigenvalue weighted by Gasteiger charge is -2.12. The average Bonchev–Trinajstić information content (AvgIpc) is 2.94. The number of ether oxygens (including phenoxy) is 1. The number of benzene rings is 1. The van der Waals surface area contributed by atoms with Gasteiger partial charge in [-0.15, -0.1) is 10.2 Å². The fourth-order valence-corrected chi connectivity index (χ4v) is 3.07. The summed E-state index contributed by atoms with van der Waals surface area (Å²) in [6.45, 7) is 4.70. The molecule has 0 saturated heterocycles. The first-order chi connectivity index (χ1) is 11.9. The number of carbonyl (C=O) groups excluding carboxylic acids is 2. The smallest absolute Gasteiger partial charge is 0.318 e. The van der Waals surface area contributed by atoms with Crippen LogP contribution in [0.1, 0.15) is 12.5 Å². The van der Waals surface area contributed by atoms with Gasteiger partial charge in [0.2, 0.25) is 5.91 Å². The van der Waals surface area contributed by atoms with Gasteiger partial charge in [-0.1, -0.05) is 35.5 Å². The Hall–Kier alpha value is -2.39. The number of thioether (sulfide) groups is 1. The Morgan fingerprint density at radius 1 is 1.40 bits per heavy atom. The van der Waals surface area contributed by atoms with E-state index in [1.54, 1.807) is 14.0 Å². The van der Waals surface area contributed by atoms with Crippen molar-refractivity contribution in [3.8, 4) is 11.4 Å². The summed E-state index contributed by atoms with van der Waals surface area (Å²) < 4.78 is 7.06. The van der Waals surface area contributed by atoms with Crippen molar-refractivity contribution in [2.75, 3.05) is 13.7 Å². The highest BCUT2D eigenvalue weighted by molar-refractivity contribution is 8.00. The van der Waals surface area contributed by atoms with Gasteiger partial charge in [0.25, 0.3) is 0 Å². The maximum Gasteiger partial charge on any atom is 0.318 e. The third kappa shape index (κ3) is 5.04. The fourth-order valence-electron chi connectivity index (χ4n) is 2.19. The number of rotatable bonds is 7. The second kappa shape index (κ2) is 8.63. The molecule has 2 aromatic rings. The van der Waals surface area contributed by atoms with Crippen LogP contribution < -0.4 is 11.1 Å². The molecule has 0 bridgehead atoms. The van der Waals surface area contributed by atoms with E-state index in [0.717, 1.165) is 11.1 Å². The van der Waals surface area contributed by atoms with Crippen molar-refractivity contribution in [1.82, 2.24) is 20.1 Å². The Morgan fingerprint density at radius 3 is 2.80 bits per heavy atom. The lowest BCUT2D eigenvalue weighted by molar-refractivity contribution is -0.119. The maximum absolute atomic E-state index is 11.9. The van der Waals surface area contributed by atoms with Gasteiger partial charge in [0.05, 0.1) is 18.4 Å². The van der Waals surface area contributed by atoms with Gasteiger partial charge < -0.3 is 10.5 Å². The molecule has 2 rings (SSSR count). The summed E-state index contributed by atoms with van der Waals surface area (Å²) in [6.07, 6.45) is 0. The molecule has 0 fully saturated rings. The molecule has 3 N–H and O–H groups in total. The Balaban J connectivity index is 2.29. The maximum atomic E-state index is 11.9. The van der Waals surface area contributed by atoms with Crippen LogP contribution in [0.2, 0.25) is 0 Å². The summed E-state index contributed by atoms with van der Waals surface area (Å²) in [5.74, 6) is 0.224. The highest BCUT2D eigenvalue weighted by Crippen LogP contribution is 2.27. The quantitative estimate of drug-likeness (QED) is 0.722. The Bertz CT molecular complexity index is 762. The summed E-state index contributed by atoms with van der Waals surface area (Å²) in [4.78, 5) is 22.7. The lowest BCUT2D eigenvalue weighted by Crippen LogP contribution is -2.39. The number of nitrogens with one attached hydrogen (secondary N) is 1. The van der Waals surface area contributed by atoms with Crippen LogP contribution in [0, 0.1) is 6.92 Å². The average molecular weight is 363 g/mol. The standard InChI is InChI=1S/C16H21N5O3S/c1-10-5-4-6-12(9-10)13-19-20-16(21(13)7-8-24-3)25-11(2)14(22)18-15(17)23/h4-6,9,11H,7-8H2,1-3H3,(H3,17,18,22,23)/t11-/m0/s1. The van der Waals surface area contributed by atoms with Crippen LogP contribution in [-0.2, 0) is 16.1 Å². The Kier molecular flexibility index (Phi) is 6.54. The minimum atomic E-state index is -0.876. The van der Waals surface area contributed by atoms with Gasteiger partial charge in [0.1, 0.15) is 0 Å². The molecule has 0 unspecified atom stereocenters. The van der Waals surface area contributed by atoms with E-state index in [1.165, 1.54) is 11.8 Å². The van der Waals surface area contributed by atoms with Crippen LogP contribution >= 0.6 is 11.8 Å². The summed E-state index contributed by atoms with van der Waals surface area (Å²) in [6, 6.07) is 7.06. The minimum absolute atomic E-state index is 0.476. The number of nitrogens with zero attached hydrogens (tertiary/aromatic N) is 3. The molecule has 1 aromatic carbocycles. The molecule has 9 heteroatoms. The van der Waals surface area contributed by atoms with E-state index in [2.05, 4.69) is 15.5 Å². The molecule has 0 spiro atoms. The molecule has 25 heavy (non-hydrogen) atoms. The van der Waals surface area contributed by atoms with E-state index in [0.29, 0.717) is 24.1 Å². The van der Waals surface area contributed by atoms with Gasteiger partial charge in [0.15, 0.2) is 11.0 Å². The van der Waals surface area contributed by atoms with Crippen molar-refractivity contribution < 1.29 is 14.3 Å². The number of carbonyl (C=O) groups is 2. The van der Waals surface area contributed by atoms with Crippen molar-refractivity contribution in [2.45, 2.75) is 30.8 Å². The number of urea groups is 1. The molecule has 0 aliphatic carbocycles. The number of hydrogen-bond acceptors (Lipinski definition) is 6. The van der Waals surface area contributed by atoms with Crippen LogP contribution in [0.5, 0.6) is 0 Å². The van der Waals surface area contributed by atoms with Gasteiger partial charge in [-0.3, -0.25) is 14.7 Å². The third-order valence-corrected chi connectivity index (χ3v) is 4.49. The predicted octanol–water partition coefficient (Wildman–Crippen LogP) is 1.58. The SMILES string of the molecule is COCCn1c(S[C@@H](C)C(=O)NC(N)=O)nnc1-c1cccc(C)c1. The first kappa shape index (κ1) is 18.9. The number of nitrogens with two attached hydrogens (primary N) is 1. The van der Waals surface area contributed by atoms with Crippen LogP contribution in [0.3, 0.4) is 0 Å². The molecule has 1 atom stereocenters.